The van der Waals surface area contributed by atoms with E-state index in [4.69, 9.17) is 9.72 Å². The van der Waals surface area contributed by atoms with Crippen LogP contribution < -0.4 is 9.30 Å². The number of rotatable bonds is 13. The van der Waals surface area contributed by atoms with E-state index in [-0.39, 0.29) is 0 Å². The first kappa shape index (κ1) is 47.4. The molecule has 0 aliphatic carbocycles. The number of fused-ring (bicyclic) bond motifs is 4. The van der Waals surface area contributed by atoms with Crippen LogP contribution in [-0.2, 0) is 0 Å². The molecule has 0 saturated heterocycles. The lowest BCUT2D eigenvalue weighted by Crippen LogP contribution is -2.28. The lowest BCUT2D eigenvalue weighted by molar-refractivity contribution is -0.567. The van der Waals surface area contributed by atoms with Gasteiger partial charge in [-0.25, -0.2) is 4.98 Å². The Morgan fingerprint density at radius 2 is 0.986 bits per heavy atom. The third kappa shape index (κ3) is 8.85. The fourth-order valence-electron chi connectivity index (χ4n) is 10.7. The second kappa shape index (κ2) is 19.2. The molecule has 0 bridgehead atoms. The fourth-order valence-corrected chi connectivity index (χ4v) is 10.7. The lowest BCUT2D eigenvalue weighted by Gasteiger charge is -2.24. The number of hydrogen-bond acceptors (Lipinski definition) is 2. The van der Waals surface area contributed by atoms with Crippen molar-refractivity contribution in [1.82, 2.24) is 14.1 Å². The maximum atomic E-state index is 7.22. The monoisotopic (exact) mass is 934 g/mol. The molecule has 0 fully saturated rings. The molecule has 5 nitrogen and oxygen atoms in total. The molecule has 0 aliphatic rings. The zero-order chi connectivity index (χ0) is 49.8. The average molecular weight is 934 g/mol. The summed E-state index contributed by atoms with van der Waals surface area (Å²) in [6, 6.07) is 55.6. The Morgan fingerprint density at radius 1 is 0.437 bits per heavy atom. The van der Waals surface area contributed by atoms with Crippen molar-refractivity contribution in [1.29, 1.82) is 0 Å². The Labute approximate surface area is 421 Å². The van der Waals surface area contributed by atoms with E-state index in [0.717, 1.165) is 61.7 Å². The van der Waals surface area contributed by atoms with Crippen molar-refractivity contribution in [3.8, 4) is 50.9 Å². The van der Waals surface area contributed by atoms with Gasteiger partial charge in [-0.1, -0.05) is 156 Å². The van der Waals surface area contributed by atoms with E-state index < -0.39 is 0 Å². The summed E-state index contributed by atoms with van der Waals surface area (Å²) in [4.78, 5) is 5.13. The Morgan fingerprint density at radius 3 is 1.59 bits per heavy atom. The van der Waals surface area contributed by atoms with Crippen LogP contribution in [0.4, 0.5) is 0 Å². The highest BCUT2D eigenvalue weighted by Crippen LogP contribution is 2.44. The SMILES string of the molecule is CC(C)c1cc(C(C)C)c(-c2cc(Oc3ccc4c5ccccc5n(-c5cc(-c6c(C(C)C)cc(C(C)C)cc6C(C)C)ccn5)c4c3)cc(-n3c[n+](-c4ccccc4)c4ccccc43)c2)c(C(C)C)c1. The molecular formula is C66H69N4O+. The molecule has 71 heavy (non-hydrogen) atoms. The van der Waals surface area contributed by atoms with Gasteiger partial charge in [0.25, 0.3) is 6.33 Å². The summed E-state index contributed by atoms with van der Waals surface area (Å²) in [5.41, 5.74) is 19.7. The fraction of sp³-hybridized carbons (Fsp3) is 0.273. The van der Waals surface area contributed by atoms with E-state index in [0.29, 0.717) is 35.5 Å². The number of benzene rings is 7. The van der Waals surface area contributed by atoms with E-state index in [9.17, 15) is 0 Å². The number of hydrogen-bond donors (Lipinski definition) is 0. The van der Waals surface area contributed by atoms with Crippen LogP contribution in [0.25, 0.3) is 72.3 Å². The number of aromatic nitrogens is 4. The van der Waals surface area contributed by atoms with Crippen molar-refractivity contribution < 1.29 is 9.30 Å². The second-order valence-corrected chi connectivity index (χ2v) is 21.5. The maximum Gasteiger partial charge on any atom is 0.255 e. The molecule has 0 spiro atoms. The predicted octanol–water partition coefficient (Wildman–Crippen LogP) is 18.3. The summed E-state index contributed by atoms with van der Waals surface area (Å²) >= 11 is 0. The first-order chi connectivity index (χ1) is 34.2. The smallest absolute Gasteiger partial charge is 0.255 e. The van der Waals surface area contributed by atoms with Crippen molar-refractivity contribution in [3.63, 3.8) is 0 Å². The van der Waals surface area contributed by atoms with Crippen LogP contribution in [0.3, 0.4) is 0 Å². The molecule has 5 heteroatoms. The second-order valence-electron chi connectivity index (χ2n) is 21.5. The van der Waals surface area contributed by atoms with Gasteiger partial charge in [0.15, 0.2) is 11.0 Å². The van der Waals surface area contributed by atoms with Crippen molar-refractivity contribution >= 4 is 32.8 Å². The highest BCUT2D eigenvalue weighted by atomic mass is 16.5. The molecule has 0 amide bonds. The summed E-state index contributed by atoms with van der Waals surface area (Å²) < 4.78 is 14.1. The largest absolute Gasteiger partial charge is 0.457 e. The van der Waals surface area contributed by atoms with Gasteiger partial charge >= 0.3 is 0 Å². The molecule has 0 atom stereocenters. The van der Waals surface area contributed by atoms with Crippen LogP contribution in [0.2, 0.25) is 0 Å². The van der Waals surface area contributed by atoms with Gasteiger partial charge in [-0.2, -0.15) is 9.13 Å². The van der Waals surface area contributed by atoms with Gasteiger partial charge in [-0.05, 0) is 158 Å². The van der Waals surface area contributed by atoms with Crippen molar-refractivity contribution in [3.05, 3.63) is 198 Å². The van der Waals surface area contributed by atoms with Crippen LogP contribution in [0.1, 0.15) is 152 Å². The average Bonchev–Trinajstić information content (AvgIpc) is 3.92. The molecule has 3 aromatic heterocycles. The topological polar surface area (TPSA) is 35.9 Å². The Bertz CT molecular complexity index is 3530. The minimum absolute atomic E-state index is 0.312. The van der Waals surface area contributed by atoms with Gasteiger partial charge in [0.05, 0.1) is 11.0 Å². The summed E-state index contributed by atoms with van der Waals surface area (Å²) in [6.45, 7) is 27.8. The molecule has 3 heterocycles. The Balaban J connectivity index is 1.17. The first-order valence-corrected chi connectivity index (χ1v) is 25.9. The molecule has 0 unspecified atom stereocenters. The number of pyridine rings is 1. The summed E-state index contributed by atoms with van der Waals surface area (Å²) in [5, 5.41) is 2.33. The predicted molar refractivity (Wildman–Crippen MR) is 299 cm³/mol. The van der Waals surface area contributed by atoms with Crippen LogP contribution in [0.15, 0.2) is 164 Å². The first-order valence-electron chi connectivity index (χ1n) is 25.9. The van der Waals surface area contributed by atoms with E-state index in [1.807, 2.05) is 6.20 Å². The molecule has 358 valence electrons. The van der Waals surface area contributed by atoms with E-state index >= 15 is 0 Å². The van der Waals surface area contributed by atoms with E-state index in [1.165, 1.54) is 55.5 Å². The molecule has 0 aliphatic heterocycles. The van der Waals surface area contributed by atoms with Crippen LogP contribution in [0.5, 0.6) is 11.5 Å². The highest BCUT2D eigenvalue weighted by molar-refractivity contribution is 6.09. The van der Waals surface area contributed by atoms with E-state index in [1.54, 1.807) is 0 Å². The van der Waals surface area contributed by atoms with Crippen LogP contribution >= 0.6 is 0 Å². The summed E-state index contributed by atoms with van der Waals surface area (Å²) in [5.74, 6) is 4.62. The molecular weight excluding hydrogens is 865 g/mol. The molecule has 10 rings (SSSR count). The zero-order valence-electron chi connectivity index (χ0n) is 43.7. The standard InChI is InChI=1S/C66H69N4O/c1-40(2)47-32-56(42(5)6)65(57(33-47)43(7)8)46-28-29-67-64(36-46)70-60-23-17-16-22-54(60)55-27-26-52(38-63(55)70)71-53-31-49(66-58(44(9)10)34-48(41(3)4)35-59(66)45(11)12)30-51(37-53)69-39-68(50-20-14-13-15-21-50)61-24-18-19-25-62(61)69/h13-45H,1-12H3/q+1. The molecule has 10 aromatic rings. The third-order valence-corrected chi connectivity index (χ3v) is 14.5. The lowest BCUT2D eigenvalue weighted by atomic mass is 9.81. The molecule has 0 radical (unpaired) electrons. The van der Waals surface area contributed by atoms with Crippen LogP contribution in [-0.4, -0.2) is 14.1 Å². The Kier molecular flexibility index (Phi) is 12.8. The van der Waals surface area contributed by atoms with Gasteiger partial charge < -0.3 is 4.74 Å². The summed E-state index contributed by atoms with van der Waals surface area (Å²) in [7, 11) is 0. The normalized spacial score (nSPS) is 12.1. The minimum atomic E-state index is 0.312. The molecule has 0 saturated carbocycles. The van der Waals surface area contributed by atoms with Crippen LogP contribution in [0, 0.1) is 0 Å². The Hall–Kier alpha value is -7.24. The van der Waals surface area contributed by atoms with Gasteiger partial charge in [0.2, 0.25) is 0 Å². The van der Waals surface area contributed by atoms with Crippen molar-refractivity contribution in [2.24, 2.45) is 0 Å². The third-order valence-electron chi connectivity index (χ3n) is 14.5. The van der Waals surface area contributed by atoms with Gasteiger partial charge in [0, 0.05) is 29.1 Å². The minimum Gasteiger partial charge on any atom is -0.457 e. The molecule has 7 aromatic carbocycles. The van der Waals surface area contributed by atoms with Crippen molar-refractivity contribution in [2.75, 3.05) is 0 Å². The van der Waals surface area contributed by atoms with Gasteiger partial charge in [0.1, 0.15) is 28.7 Å². The maximum absolute atomic E-state index is 7.22. The van der Waals surface area contributed by atoms with E-state index in [2.05, 4.69) is 255 Å². The number of nitrogens with zero attached hydrogens (tertiary/aromatic N) is 4. The zero-order valence-corrected chi connectivity index (χ0v) is 43.7. The quantitative estimate of drug-likeness (QED) is 0.108. The van der Waals surface area contributed by atoms with Gasteiger partial charge in [-0.15, -0.1) is 0 Å². The highest BCUT2D eigenvalue weighted by Gasteiger charge is 2.25. The summed E-state index contributed by atoms with van der Waals surface area (Å²) in [6.07, 6.45) is 4.20. The number of ether oxygens (including phenoxy) is 1. The number of imidazole rings is 1. The molecule has 0 N–H and O–H groups in total. The number of para-hydroxylation sites is 4. The van der Waals surface area contributed by atoms with Gasteiger partial charge in [-0.3, -0.25) is 4.57 Å². The van der Waals surface area contributed by atoms with Crippen molar-refractivity contribution in [2.45, 2.75) is 119 Å².